The molecule has 1 aromatic heterocycles. The van der Waals surface area contributed by atoms with Gasteiger partial charge in [-0.3, -0.25) is 4.68 Å². The Morgan fingerprint density at radius 3 is 2.37 bits per heavy atom. The van der Waals surface area contributed by atoms with Crippen LogP contribution >= 0.6 is 0 Å². The van der Waals surface area contributed by atoms with Gasteiger partial charge < -0.3 is 5.32 Å². The normalized spacial score (nSPS) is 22.8. The van der Waals surface area contributed by atoms with Crippen LogP contribution in [0.2, 0.25) is 0 Å². The van der Waals surface area contributed by atoms with Crippen molar-refractivity contribution >= 4 is 0 Å². The average Bonchev–Trinajstić information content (AvgIpc) is 2.77. The Bertz CT molecular complexity index is 423. The van der Waals surface area contributed by atoms with Crippen molar-refractivity contribution in [1.29, 1.82) is 0 Å². The first kappa shape index (κ1) is 13.2. The number of aromatic nitrogens is 2. The summed E-state index contributed by atoms with van der Waals surface area (Å²) in [5.41, 5.74) is 4.47. The second-order valence-corrected chi connectivity index (χ2v) is 6.37. The molecule has 0 bridgehead atoms. The fraction of sp³-hybridized carbons (Fsp3) is 0.812. The fourth-order valence-corrected chi connectivity index (χ4v) is 3.94. The molecule has 1 aliphatic carbocycles. The van der Waals surface area contributed by atoms with E-state index in [4.69, 9.17) is 5.10 Å². The highest BCUT2D eigenvalue weighted by Gasteiger charge is 2.28. The topological polar surface area (TPSA) is 29.9 Å². The Labute approximate surface area is 116 Å². The van der Waals surface area contributed by atoms with Crippen LogP contribution in [-0.4, -0.2) is 22.9 Å². The van der Waals surface area contributed by atoms with Gasteiger partial charge in [-0.2, -0.15) is 5.10 Å². The van der Waals surface area contributed by atoms with E-state index < -0.39 is 0 Å². The van der Waals surface area contributed by atoms with Crippen LogP contribution < -0.4 is 5.32 Å². The molecule has 0 atom stereocenters. The van der Waals surface area contributed by atoms with Gasteiger partial charge in [0.25, 0.3) is 0 Å². The summed E-state index contributed by atoms with van der Waals surface area (Å²) in [6.45, 7) is 4.58. The van der Waals surface area contributed by atoms with E-state index in [2.05, 4.69) is 24.0 Å². The predicted molar refractivity (Wildman–Crippen MR) is 78.6 cm³/mol. The standard InChI is InChI=1S/C16H27N3/c1-12-15(13-6-4-3-5-7-13)16(18-19(12)2)14-8-10-17-11-9-14/h13-14,17H,3-11H2,1-2H3. The lowest BCUT2D eigenvalue weighted by Gasteiger charge is -2.27. The molecule has 19 heavy (non-hydrogen) atoms. The highest BCUT2D eigenvalue weighted by Crippen LogP contribution is 2.39. The zero-order valence-electron chi connectivity index (χ0n) is 12.4. The van der Waals surface area contributed by atoms with Gasteiger partial charge in [0.2, 0.25) is 0 Å². The monoisotopic (exact) mass is 261 g/mol. The van der Waals surface area contributed by atoms with Gasteiger partial charge in [0.15, 0.2) is 0 Å². The van der Waals surface area contributed by atoms with E-state index in [9.17, 15) is 0 Å². The van der Waals surface area contributed by atoms with Crippen LogP contribution in [0.15, 0.2) is 0 Å². The second kappa shape index (κ2) is 5.66. The molecule has 2 heterocycles. The van der Waals surface area contributed by atoms with Crippen LogP contribution in [0.25, 0.3) is 0 Å². The molecule has 2 fully saturated rings. The molecule has 106 valence electrons. The number of rotatable bonds is 2. The van der Waals surface area contributed by atoms with Gasteiger partial charge in [-0.1, -0.05) is 19.3 Å². The van der Waals surface area contributed by atoms with Crippen LogP contribution in [-0.2, 0) is 7.05 Å². The zero-order chi connectivity index (χ0) is 13.2. The first-order chi connectivity index (χ1) is 9.27. The number of hydrogen-bond donors (Lipinski definition) is 1. The van der Waals surface area contributed by atoms with Gasteiger partial charge >= 0.3 is 0 Å². The molecule has 2 aliphatic rings. The third-order valence-corrected chi connectivity index (χ3v) is 5.15. The summed E-state index contributed by atoms with van der Waals surface area (Å²) in [5.74, 6) is 1.48. The van der Waals surface area contributed by atoms with Crippen LogP contribution in [0.4, 0.5) is 0 Å². The first-order valence-corrected chi connectivity index (χ1v) is 8.01. The molecule has 3 rings (SSSR count). The Kier molecular flexibility index (Phi) is 3.92. The molecule has 1 saturated carbocycles. The SMILES string of the molecule is Cc1c(C2CCCCC2)c(C2CCNCC2)nn1C. The molecule has 0 unspecified atom stereocenters. The third-order valence-electron chi connectivity index (χ3n) is 5.15. The minimum Gasteiger partial charge on any atom is -0.317 e. The Morgan fingerprint density at radius 1 is 1.00 bits per heavy atom. The summed E-state index contributed by atoms with van der Waals surface area (Å²) in [6.07, 6.45) is 9.52. The van der Waals surface area contributed by atoms with Crippen LogP contribution in [0.1, 0.15) is 73.7 Å². The van der Waals surface area contributed by atoms with E-state index >= 15 is 0 Å². The van der Waals surface area contributed by atoms with Crippen molar-refractivity contribution in [3.63, 3.8) is 0 Å². The molecular weight excluding hydrogens is 234 g/mol. The minimum atomic E-state index is 0.693. The molecule has 1 saturated heterocycles. The highest BCUT2D eigenvalue weighted by atomic mass is 15.3. The Balaban J connectivity index is 1.91. The second-order valence-electron chi connectivity index (χ2n) is 6.37. The van der Waals surface area contributed by atoms with E-state index in [0.29, 0.717) is 5.92 Å². The van der Waals surface area contributed by atoms with Gasteiger partial charge in [-0.05, 0) is 57.2 Å². The van der Waals surface area contributed by atoms with E-state index in [1.54, 1.807) is 5.56 Å². The predicted octanol–water partition coefficient (Wildman–Crippen LogP) is 3.24. The third kappa shape index (κ3) is 2.58. The van der Waals surface area contributed by atoms with Crippen LogP contribution in [0, 0.1) is 6.92 Å². The summed E-state index contributed by atoms with van der Waals surface area (Å²) < 4.78 is 2.13. The summed E-state index contributed by atoms with van der Waals surface area (Å²) in [5, 5.41) is 8.37. The van der Waals surface area contributed by atoms with Crippen LogP contribution in [0.5, 0.6) is 0 Å². The van der Waals surface area contributed by atoms with Gasteiger partial charge in [-0.25, -0.2) is 0 Å². The minimum absolute atomic E-state index is 0.693. The Morgan fingerprint density at radius 2 is 1.68 bits per heavy atom. The maximum absolute atomic E-state index is 4.90. The lowest BCUT2D eigenvalue weighted by molar-refractivity contribution is 0.422. The number of nitrogens with zero attached hydrogens (tertiary/aromatic N) is 2. The summed E-state index contributed by atoms with van der Waals surface area (Å²) in [4.78, 5) is 0. The highest BCUT2D eigenvalue weighted by molar-refractivity contribution is 5.32. The Hall–Kier alpha value is -0.830. The number of hydrogen-bond acceptors (Lipinski definition) is 2. The van der Waals surface area contributed by atoms with Crippen molar-refractivity contribution in [1.82, 2.24) is 15.1 Å². The molecule has 0 radical (unpaired) electrons. The summed E-state index contributed by atoms with van der Waals surface area (Å²) in [7, 11) is 2.12. The van der Waals surface area contributed by atoms with Gasteiger partial charge in [0, 0.05) is 18.7 Å². The van der Waals surface area contributed by atoms with Gasteiger partial charge in [0.05, 0.1) is 5.69 Å². The lowest BCUT2D eigenvalue weighted by atomic mass is 9.80. The first-order valence-electron chi connectivity index (χ1n) is 8.01. The van der Waals surface area contributed by atoms with Crippen molar-refractivity contribution < 1.29 is 0 Å². The largest absolute Gasteiger partial charge is 0.317 e. The molecule has 1 N–H and O–H groups in total. The van der Waals surface area contributed by atoms with Crippen molar-refractivity contribution in [2.75, 3.05) is 13.1 Å². The number of aryl methyl sites for hydroxylation is 1. The van der Waals surface area contributed by atoms with E-state index in [1.165, 1.54) is 56.3 Å². The zero-order valence-corrected chi connectivity index (χ0v) is 12.4. The maximum atomic E-state index is 4.90. The maximum Gasteiger partial charge on any atom is 0.0693 e. The molecule has 3 nitrogen and oxygen atoms in total. The summed E-state index contributed by atoms with van der Waals surface area (Å²) in [6, 6.07) is 0. The molecule has 1 aliphatic heterocycles. The van der Waals surface area contributed by atoms with Crippen molar-refractivity contribution in [2.24, 2.45) is 7.05 Å². The number of piperidine rings is 1. The molecule has 0 amide bonds. The quantitative estimate of drug-likeness (QED) is 0.885. The lowest BCUT2D eigenvalue weighted by Crippen LogP contribution is -2.27. The number of nitrogens with one attached hydrogen (secondary N) is 1. The van der Waals surface area contributed by atoms with Crippen molar-refractivity contribution in [3.05, 3.63) is 17.0 Å². The van der Waals surface area contributed by atoms with E-state index in [-0.39, 0.29) is 0 Å². The van der Waals surface area contributed by atoms with Gasteiger partial charge in [-0.15, -0.1) is 0 Å². The average molecular weight is 261 g/mol. The molecular formula is C16H27N3. The fourth-order valence-electron chi connectivity index (χ4n) is 3.94. The molecule has 1 aromatic rings. The molecule has 0 aromatic carbocycles. The molecule has 0 spiro atoms. The molecule has 3 heteroatoms. The van der Waals surface area contributed by atoms with Gasteiger partial charge in [0.1, 0.15) is 0 Å². The van der Waals surface area contributed by atoms with E-state index in [0.717, 1.165) is 19.0 Å². The van der Waals surface area contributed by atoms with E-state index in [1.807, 2.05) is 0 Å². The smallest absolute Gasteiger partial charge is 0.0693 e. The summed E-state index contributed by atoms with van der Waals surface area (Å²) >= 11 is 0. The van der Waals surface area contributed by atoms with Crippen molar-refractivity contribution in [3.8, 4) is 0 Å². The van der Waals surface area contributed by atoms with Crippen molar-refractivity contribution in [2.45, 2.75) is 63.7 Å². The van der Waals surface area contributed by atoms with Crippen LogP contribution in [0.3, 0.4) is 0 Å².